The van der Waals surface area contributed by atoms with E-state index in [1.807, 2.05) is 0 Å². The first-order valence-electron chi connectivity index (χ1n) is 6.89. The van der Waals surface area contributed by atoms with Gasteiger partial charge in [0.25, 0.3) is 0 Å². The first-order chi connectivity index (χ1) is 7.79. The van der Waals surface area contributed by atoms with Crippen molar-refractivity contribution in [3.8, 4) is 0 Å². The zero-order chi connectivity index (χ0) is 11.4. The summed E-state index contributed by atoms with van der Waals surface area (Å²) < 4.78 is 0. The molecule has 90 valence electrons. The first-order valence-corrected chi connectivity index (χ1v) is 6.89. The number of allylic oxidation sites excluding steroid dienone is 4. The van der Waals surface area contributed by atoms with Gasteiger partial charge < -0.3 is 4.90 Å². The van der Waals surface area contributed by atoms with Crippen molar-refractivity contribution in [3.05, 3.63) is 23.8 Å². The van der Waals surface area contributed by atoms with Crippen molar-refractivity contribution < 1.29 is 0 Å². The molecule has 0 N–H and O–H groups in total. The second-order valence-electron chi connectivity index (χ2n) is 5.42. The van der Waals surface area contributed by atoms with Crippen LogP contribution in [0.25, 0.3) is 0 Å². The Balaban J connectivity index is 1.84. The molecule has 1 atom stereocenters. The number of nitrogens with zero attached hydrogens (tertiary/aromatic N) is 1. The Kier molecular flexibility index (Phi) is 4.22. The van der Waals surface area contributed by atoms with Gasteiger partial charge in [0.15, 0.2) is 0 Å². The van der Waals surface area contributed by atoms with Gasteiger partial charge in [-0.05, 0) is 57.2 Å². The molecule has 0 amide bonds. The van der Waals surface area contributed by atoms with E-state index in [0.29, 0.717) is 0 Å². The molecule has 0 bridgehead atoms. The monoisotopic (exact) mass is 219 g/mol. The van der Waals surface area contributed by atoms with E-state index in [2.05, 4.69) is 37.0 Å². The third kappa shape index (κ3) is 2.98. The molecule has 0 spiro atoms. The fourth-order valence-corrected chi connectivity index (χ4v) is 3.02. The molecule has 0 unspecified atom stereocenters. The van der Waals surface area contributed by atoms with Gasteiger partial charge in [-0.3, -0.25) is 0 Å². The second-order valence-corrected chi connectivity index (χ2v) is 5.42. The average Bonchev–Trinajstić information content (AvgIpc) is 2.30. The number of rotatable bonds is 3. The molecule has 1 nitrogen and oxygen atoms in total. The highest BCUT2D eigenvalue weighted by molar-refractivity contribution is 5.22. The van der Waals surface area contributed by atoms with E-state index >= 15 is 0 Å². The molecule has 2 aliphatic rings. The highest BCUT2D eigenvalue weighted by Crippen LogP contribution is 2.31. The highest BCUT2D eigenvalue weighted by Gasteiger charge is 2.22. The largest absolute Gasteiger partial charge is 0.303 e. The van der Waals surface area contributed by atoms with Crippen LogP contribution in [0.4, 0.5) is 0 Å². The third-order valence-electron chi connectivity index (χ3n) is 3.96. The lowest BCUT2D eigenvalue weighted by atomic mass is 9.82. The molecule has 1 aliphatic heterocycles. The Hall–Kier alpha value is -0.560. The molecule has 0 radical (unpaired) electrons. The summed E-state index contributed by atoms with van der Waals surface area (Å²) in [5, 5.41) is 0. The van der Waals surface area contributed by atoms with Gasteiger partial charge in [-0.2, -0.15) is 0 Å². The lowest BCUT2D eigenvalue weighted by Gasteiger charge is -2.34. The Morgan fingerprint density at radius 1 is 1.31 bits per heavy atom. The van der Waals surface area contributed by atoms with Gasteiger partial charge in [0.2, 0.25) is 0 Å². The maximum absolute atomic E-state index is 2.62. The summed E-state index contributed by atoms with van der Waals surface area (Å²) in [6, 6.07) is 0. The van der Waals surface area contributed by atoms with E-state index in [1.54, 1.807) is 5.57 Å². The van der Waals surface area contributed by atoms with Crippen LogP contribution in [-0.2, 0) is 0 Å². The van der Waals surface area contributed by atoms with E-state index < -0.39 is 0 Å². The van der Waals surface area contributed by atoms with Crippen LogP contribution in [0.2, 0.25) is 0 Å². The van der Waals surface area contributed by atoms with Crippen LogP contribution in [-0.4, -0.2) is 24.5 Å². The summed E-state index contributed by atoms with van der Waals surface area (Å²) in [5.74, 6) is 1.63. The molecule has 1 heteroatoms. The van der Waals surface area contributed by atoms with E-state index in [0.717, 1.165) is 11.8 Å². The van der Waals surface area contributed by atoms with Gasteiger partial charge >= 0.3 is 0 Å². The van der Waals surface area contributed by atoms with E-state index in [4.69, 9.17) is 0 Å². The minimum atomic E-state index is 0.758. The molecule has 0 aromatic rings. The van der Waals surface area contributed by atoms with Crippen molar-refractivity contribution in [2.24, 2.45) is 11.8 Å². The maximum Gasteiger partial charge on any atom is -0.00130 e. The lowest BCUT2D eigenvalue weighted by Crippen LogP contribution is -2.35. The third-order valence-corrected chi connectivity index (χ3v) is 3.96. The standard InChI is InChI=1S/C15H25N/c1-3-9-16-10-7-14(8-11-16)15-6-4-5-13(2)12-15/h4-6,13-14H,3,7-12H2,1-2H3/t13-/m0/s1. The van der Waals surface area contributed by atoms with E-state index in [-0.39, 0.29) is 0 Å². The van der Waals surface area contributed by atoms with Crippen molar-refractivity contribution in [2.45, 2.75) is 39.5 Å². The number of hydrogen-bond acceptors (Lipinski definition) is 1. The van der Waals surface area contributed by atoms with Crippen LogP contribution < -0.4 is 0 Å². The van der Waals surface area contributed by atoms with Gasteiger partial charge in [-0.15, -0.1) is 0 Å². The topological polar surface area (TPSA) is 3.24 Å². The summed E-state index contributed by atoms with van der Waals surface area (Å²) in [7, 11) is 0. The van der Waals surface area contributed by atoms with Crippen LogP contribution in [0.15, 0.2) is 23.8 Å². The molecule has 16 heavy (non-hydrogen) atoms. The van der Waals surface area contributed by atoms with E-state index in [9.17, 15) is 0 Å². The number of piperidine rings is 1. The van der Waals surface area contributed by atoms with Gasteiger partial charge in [0.1, 0.15) is 0 Å². The van der Waals surface area contributed by atoms with Crippen LogP contribution in [0.1, 0.15) is 39.5 Å². The van der Waals surface area contributed by atoms with Crippen LogP contribution in [0.5, 0.6) is 0 Å². The molecule has 1 heterocycles. The van der Waals surface area contributed by atoms with Crippen molar-refractivity contribution in [2.75, 3.05) is 19.6 Å². The van der Waals surface area contributed by atoms with Crippen molar-refractivity contribution >= 4 is 0 Å². The normalized spacial score (nSPS) is 28.1. The van der Waals surface area contributed by atoms with Crippen LogP contribution in [0.3, 0.4) is 0 Å². The second kappa shape index (κ2) is 5.67. The Bertz CT molecular complexity index is 269. The zero-order valence-electron chi connectivity index (χ0n) is 10.8. The molecule has 1 aliphatic carbocycles. The molecular weight excluding hydrogens is 194 g/mol. The van der Waals surface area contributed by atoms with Crippen molar-refractivity contribution in [1.82, 2.24) is 4.90 Å². The van der Waals surface area contributed by atoms with Gasteiger partial charge in [0.05, 0.1) is 0 Å². The molecular formula is C15H25N. The minimum absolute atomic E-state index is 0.758. The molecule has 2 rings (SSSR count). The smallest absolute Gasteiger partial charge is 0.00130 e. The van der Waals surface area contributed by atoms with Crippen molar-refractivity contribution in [1.29, 1.82) is 0 Å². The van der Waals surface area contributed by atoms with Crippen LogP contribution >= 0.6 is 0 Å². The Labute approximate surface area is 100 Å². The predicted octanol–water partition coefficient (Wildman–Crippen LogP) is 3.63. The number of likely N-dealkylation sites (tertiary alicyclic amines) is 1. The Morgan fingerprint density at radius 2 is 2.06 bits per heavy atom. The van der Waals surface area contributed by atoms with Crippen molar-refractivity contribution in [3.63, 3.8) is 0 Å². The lowest BCUT2D eigenvalue weighted by molar-refractivity contribution is 0.196. The summed E-state index contributed by atoms with van der Waals surface area (Å²) in [4.78, 5) is 2.62. The first kappa shape index (κ1) is 11.9. The molecule has 0 saturated carbocycles. The molecule has 0 aromatic heterocycles. The fraction of sp³-hybridized carbons (Fsp3) is 0.733. The SMILES string of the molecule is CCCN1CCC(C2=CC=C[C@H](C)C2)CC1. The van der Waals surface area contributed by atoms with Crippen LogP contribution in [0, 0.1) is 11.8 Å². The minimum Gasteiger partial charge on any atom is -0.303 e. The zero-order valence-corrected chi connectivity index (χ0v) is 10.8. The predicted molar refractivity (Wildman–Crippen MR) is 70.5 cm³/mol. The summed E-state index contributed by atoms with van der Waals surface area (Å²) >= 11 is 0. The molecule has 0 aromatic carbocycles. The Morgan fingerprint density at radius 3 is 2.69 bits per heavy atom. The summed E-state index contributed by atoms with van der Waals surface area (Å²) in [6.07, 6.45) is 12.3. The summed E-state index contributed by atoms with van der Waals surface area (Å²) in [5.41, 5.74) is 1.71. The average molecular weight is 219 g/mol. The highest BCUT2D eigenvalue weighted by atomic mass is 15.1. The summed E-state index contributed by atoms with van der Waals surface area (Å²) in [6.45, 7) is 8.53. The van der Waals surface area contributed by atoms with Gasteiger partial charge in [-0.25, -0.2) is 0 Å². The fourth-order valence-electron chi connectivity index (χ4n) is 3.02. The molecule has 1 saturated heterocycles. The van der Waals surface area contributed by atoms with Gasteiger partial charge in [-0.1, -0.05) is 37.6 Å². The van der Waals surface area contributed by atoms with E-state index in [1.165, 1.54) is 45.3 Å². The quantitative estimate of drug-likeness (QED) is 0.700. The maximum atomic E-state index is 2.62. The van der Waals surface area contributed by atoms with Gasteiger partial charge in [0, 0.05) is 0 Å². The number of hydrogen-bond donors (Lipinski definition) is 0. The molecule has 1 fully saturated rings.